The van der Waals surface area contributed by atoms with Crippen LogP contribution in [-0.2, 0) is 10.8 Å². The summed E-state index contributed by atoms with van der Waals surface area (Å²) in [5.74, 6) is 0. The third-order valence-corrected chi connectivity index (χ3v) is 16.1. The van der Waals surface area contributed by atoms with Gasteiger partial charge in [0, 0.05) is 44.4 Å². The first-order valence-electron chi connectivity index (χ1n) is 25.0. The van der Waals surface area contributed by atoms with Crippen LogP contribution in [0, 0.1) is 0 Å². The van der Waals surface area contributed by atoms with Crippen LogP contribution in [0.1, 0.15) is 45.9 Å². The average molecular weight is 919 g/mol. The van der Waals surface area contributed by atoms with Gasteiger partial charge in [-0.05, 0) is 129 Å². The van der Waals surface area contributed by atoms with Crippen LogP contribution >= 0.6 is 0 Å². The standard InChI is InChI=1S/C69H46N2O/c1-68(46-20-4-2-5-21-46)56-29-11-8-24-51(56)52-43-42-49(44-61(52)68)70(48-40-38-45(39-41-48)50-27-18-28-54-53-25-10-17-37-65(53)72-67(50)54)64-36-19-33-60-66(64)55-26-9-12-30-57(55)69(60)58-31-13-15-34-62(58)71(47-22-6-3-7-23-47)63-35-16-14-32-59(63)69/h2-44H,1H3. The van der Waals surface area contributed by atoms with Gasteiger partial charge in [-0.25, -0.2) is 0 Å². The Hall–Kier alpha value is -9.18. The van der Waals surface area contributed by atoms with Crippen molar-refractivity contribution < 1.29 is 4.42 Å². The van der Waals surface area contributed by atoms with E-state index < -0.39 is 5.41 Å². The Bertz CT molecular complexity index is 4090. The molecule has 0 saturated carbocycles. The summed E-state index contributed by atoms with van der Waals surface area (Å²) in [4.78, 5) is 4.97. The van der Waals surface area contributed by atoms with Crippen molar-refractivity contribution in [2.24, 2.45) is 0 Å². The van der Waals surface area contributed by atoms with Gasteiger partial charge in [0.15, 0.2) is 0 Å². The highest BCUT2D eigenvalue weighted by atomic mass is 16.3. The maximum Gasteiger partial charge on any atom is 0.143 e. The molecule has 1 unspecified atom stereocenters. The molecule has 0 bridgehead atoms. The molecule has 1 aromatic heterocycles. The Morgan fingerprint density at radius 1 is 0.389 bits per heavy atom. The van der Waals surface area contributed by atoms with Gasteiger partial charge in [-0.2, -0.15) is 0 Å². The summed E-state index contributed by atoms with van der Waals surface area (Å²) in [5, 5.41) is 2.25. The fourth-order valence-corrected chi connectivity index (χ4v) is 13.1. The van der Waals surface area contributed by atoms with Crippen molar-refractivity contribution in [3.8, 4) is 33.4 Å². The number of fused-ring (bicyclic) bond motifs is 15. The molecule has 15 rings (SSSR count). The lowest BCUT2D eigenvalue weighted by Crippen LogP contribution is -2.36. The first kappa shape index (κ1) is 40.7. The number of benzene rings is 11. The van der Waals surface area contributed by atoms with Gasteiger partial charge in [0.25, 0.3) is 0 Å². The van der Waals surface area contributed by atoms with Crippen molar-refractivity contribution in [2.75, 3.05) is 9.80 Å². The predicted molar refractivity (Wildman–Crippen MR) is 297 cm³/mol. The summed E-state index contributed by atoms with van der Waals surface area (Å²) >= 11 is 0. The largest absolute Gasteiger partial charge is 0.455 e. The lowest BCUT2D eigenvalue weighted by molar-refractivity contribution is 0.670. The van der Waals surface area contributed by atoms with E-state index in [2.05, 4.69) is 272 Å². The van der Waals surface area contributed by atoms with Crippen molar-refractivity contribution in [1.82, 2.24) is 0 Å². The monoisotopic (exact) mass is 918 g/mol. The molecule has 0 amide bonds. The van der Waals surface area contributed by atoms with Crippen LogP contribution < -0.4 is 9.80 Å². The zero-order chi connectivity index (χ0) is 47.5. The number of para-hydroxylation sites is 5. The normalized spacial score (nSPS) is 15.4. The summed E-state index contributed by atoms with van der Waals surface area (Å²) in [6, 6.07) is 96.3. The Morgan fingerprint density at radius 2 is 0.944 bits per heavy atom. The molecule has 0 fully saturated rings. The molecule has 2 aliphatic carbocycles. The molecule has 1 spiro atoms. The zero-order valence-electron chi connectivity index (χ0n) is 39.6. The van der Waals surface area contributed by atoms with Gasteiger partial charge in [-0.1, -0.05) is 200 Å². The summed E-state index contributed by atoms with van der Waals surface area (Å²) in [6.45, 7) is 2.41. The molecule has 1 atom stereocenters. The number of anilines is 6. The van der Waals surface area contributed by atoms with Gasteiger partial charge in [0.05, 0.1) is 22.5 Å². The van der Waals surface area contributed by atoms with Gasteiger partial charge >= 0.3 is 0 Å². The maximum atomic E-state index is 6.59. The van der Waals surface area contributed by atoms with Gasteiger partial charge in [-0.15, -0.1) is 0 Å². The molecule has 11 aromatic carbocycles. The van der Waals surface area contributed by atoms with E-state index in [1.54, 1.807) is 0 Å². The summed E-state index contributed by atoms with van der Waals surface area (Å²) in [6.07, 6.45) is 0. The number of furan rings is 1. The van der Waals surface area contributed by atoms with Gasteiger partial charge < -0.3 is 14.2 Å². The third kappa shape index (κ3) is 5.51. The molecule has 0 radical (unpaired) electrons. The van der Waals surface area contributed by atoms with Crippen molar-refractivity contribution in [2.45, 2.75) is 17.8 Å². The lowest BCUT2D eigenvalue weighted by Gasteiger charge is -2.45. The SMILES string of the molecule is CC1(c2ccccc2)c2ccccc2-c2ccc(N(c3ccc(-c4cccc5c4oc4ccccc45)cc3)c3cccc4c3-c3ccccc3C43c4ccccc4N(c4ccccc4)c4ccccc43)cc21. The molecule has 2 heterocycles. The number of hydrogen-bond donors (Lipinski definition) is 0. The molecule has 3 nitrogen and oxygen atoms in total. The summed E-state index contributed by atoms with van der Waals surface area (Å²) in [7, 11) is 0. The molecule has 3 aliphatic rings. The minimum absolute atomic E-state index is 0.376. The van der Waals surface area contributed by atoms with E-state index in [0.717, 1.165) is 55.8 Å². The summed E-state index contributed by atoms with van der Waals surface area (Å²) in [5.41, 5.74) is 23.8. The molecule has 3 heteroatoms. The first-order valence-corrected chi connectivity index (χ1v) is 25.0. The second-order valence-electron chi connectivity index (χ2n) is 19.6. The second kappa shape index (κ2) is 15.4. The number of nitrogens with zero attached hydrogens (tertiary/aromatic N) is 2. The lowest BCUT2D eigenvalue weighted by atomic mass is 9.64. The van der Waals surface area contributed by atoms with E-state index >= 15 is 0 Å². The van der Waals surface area contributed by atoms with Gasteiger partial charge in [-0.3, -0.25) is 0 Å². The van der Waals surface area contributed by atoms with E-state index in [-0.39, 0.29) is 5.41 Å². The van der Waals surface area contributed by atoms with Gasteiger partial charge in [0.1, 0.15) is 11.2 Å². The Morgan fingerprint density at radius 3 is 1.71 bits per heavy atom. The molecule has 1 aliphatic heterocycles. The van der Waals surface area contributed by atoms with Crippen LogP contribution in [0.4, 0.5) is 34.1 Å². The maximum absolute atomic E-state index is 6.59. The van der Waals surface area contributed by atoms with Crippen molar-refractivity contribution in [3.63, 3.8) is 0 Å². The average Bonchev–Trinajstić information content (AvgIpc) is 4.07. The first-order chi connectivity index (χ1) is 35.6. The number of hydrogen-bond acceptors (Lipinski definition) is 3. The topological polar surface area (TPSA) is 19.6 Å². The zero-order valence-corrected chi connectivity index (χ0v) is 39.6. The Labute approximate surface area is 419 Å². The number of rotatable bonds is 6. The van der Waals surface area contributed by atoms with Gasteiger partial charge in [0.2, 0.25) is 0 Å². The van der Waals surface area contributed by atoms with E-state index in [1.807, 2.05) is 6.07 Å². The predicted octanol–water partition coefficient (Wildman–Crippen LogP) is 18.2. The van der Waals surface area contributed by atoms with E-state index in [4.69, 9.17) is 4.42 Å². The van der Waals surface area contributed by atoms with E-state index in [1.165, 1.54) is 72.6 Å². The Kier molecular flexibility index (Phi) is 8.71. The van der Waals surface area contributed by atoms with E-state index in [0.29, 0.717) is 0 Å². The quantitative estimate of drug-likeness (QED) is 0.166. The van der Waals surface area contributed by atoms with Crippen molar-refractivity contribution in [3.05, 3.63) is 300 Å². The molecular weight excluding hydrogens is 873 g/mol. The van der Waals surface area contributed by atoms with Crippen LogP contribution in [0.3, 0.4) is 0 Å². The molecular formula is C69H46N2O. The highest BCUT2D eigenvalue weighted by molar-refractivity contribution is 6.10. The minimum Gasteiger partial charge on any atom is -0.455 e. The molecule has 0 saturated heterocycles. The van der Waals surface area contributed by atoms with Crippen molar-refractivity contribution >= 4 is 56.1 Å². The molecule has 338 valence electrons. The molecule has 72 heavy (non-hydrogen) atoms. The third-order valence-electron chi connectivity index (χ3n) is 16.1. The van der Waals surface area contributed by atoms with Crippen LogP contribution in [0.15, 0.2) is 265 Å². The minimum atomic E-state index is -0.605. The fourth-order valence-electron chi connectivity index (χ4n) is 13.1. The fraction of sp³-hybridized carbons (Fsp3) is 0.0435. The van der Waals surface area contributed by atoms with Crippen LogP contribution in [0.5, 0.6) is 0 Å². The van der Waals surface area contributed by atoms with E-state index in [9.17, 15) is 0 Å². The highest BCUT2D eigenvalue weighted by Crippen LogP contribution is 2.65. The van der Waals surface area contributed by atoms with Crippen LogP contribution in [0.2, 0.25) is 0 Å². The molecule has 0 N–H and O–H groups in total. The summed E-state index contributed by atoms with van der Waals surface area (Å²) < 4.78 is 6.59. The highest BCUT2D eigenvalue weighted by Gasteiger charge is 2.52. The smallest absolute Gasteiger partial charge is 0.143 e. The second-order valence-corrected chi connectivity index (χ2v) is 19.6. The Balaban J connectivity index is 0.985. The van der Waals surface area contributed by atoms with Crippen molar-refractivity contribution in [1.29, 1.82) is 0 Å². The molecule has 12 aromatic rings. The van der Waals surface area contributed by atoms with Crippen LogP contribution in [-0.4, -0.2) is 0 Å². The van der Waals surface area contributed by atoms with Crippen LogP contribution in [0.25, 0.3) is 55.3 Å².